The molecule has 1 aromatic heterocycles. The molecule has 4 aromatic rings. The summed E-state index contributed by atoms with van der Waals surface area (Å²) in [4.78, 5) is 16.2. The first-order chi connectivity index (χ1) is 15.4. The number of carbonyl (C=O) groups excluding carboxylic acids is 1. The molecule has 9 heteroatoms. The number of aromatic amines is 1. The maximum atomic E-state index is 13.1. The molecule has 6 nitrogen and oxygen atoms in total. The second kappa shape index (κ2) is 8.13. The normalized spacial score (nSPS) is 12.3. The molecule has 0 radical (unpaired) electrons. The van der Waals surface area contributed by atoms with E-state index in [9.17, 15) is 9.90 Å². The number of hydrogen-bond acceptors (Lipinski definition) is 5. The highest BCUT2D eigenvalue weighted by molar-refractivity contribution is 6.35. The van der Waals surface area contributed by atoms with Crippen LogP contribution in [0.2, 0.25) is 15.1 Å². The van der Waals surface area contributed by atoms with Crippen LogP contribution < -0.4 is 9.47 Å². The number of phenols is 1. The Kier molecular flexibility index (Phi) is 5.29. The Hall–Kier alpha value is -3.06. The highest BCUT2D eigenvalue weighted by atomic mass is 35.5. The summed E-state index contributed by atoms with van der Waals surface area (Å²) < 4.78 is 16.2. The number of benzene rings is 3. The summed E-state index contributed by atoms with van der Waals surface area (Å²) >= 11 is 18.7. The van der Waals surface area contributed by atoms with Gasteiger partial charge in [-0.15, -0.1) is 0 Å². The van der Waals surface area contributed by atoms with Crippen molar-refractivity contribution < 1.29 is 24.1 Å². The Bertz CT molecular complexity index is 1360. The third-order valence-corrected chi connectivity index (χ3v) is 5.83. The lowest BCUT2D eigenvalue weighted by Crippen LogP contribution is -2.07. The van der Waals surface area contributed by atoms with Gasteiger partial charge in [-0.3, -0.25) is 0 Å². The number of hydrogen-bond donors (Lipinski definition) is 2. The van der Waals surface area contributed by atoms with Gasteiger partial charge in [-0.25, -0.2) is 4.79 Å². The van der Waals surface area contributed by atoms with Crippen molar-refractivity contribution in [1.29, 1.82) is 0 Å². The van der Waals surface area contributed by atoms with Crippen molar-refractivity contribution in [3.63, 3.8) is 0 Å². The molecule has 0 saturated carbocycles. The van der Waals surface area contributed by atoms with Gasteiger partial charge < -0.3 is 24.3 Å². The molecule has 3 aromatic carbocycles. The summed E-state index contributed by atoms with van der Waals surface area (Å²) in [6, 6.07) is 13.0. The molecular weight excluding hydrogens is 477 g/mol. The molecule has 1 aliphatic rings. The van der Waals surface area contributed by atoms with Crippen molar-refractivity contribution >= 4 is 51.7 Å². The molecule has 0 saturated heterocycles. The average Bonchev–Trinajstić information content (AvgIpc) is 3.34. The fraction of sp³-hybridized carbons (Fsp3) is 0.0870. The molecule has 0 amide bonds. The molecule has 2 N–H and O–H groups in total. The van der Waals surface area contributed by atoms with E-state index in [-0.39, 0.29) is 24.8 Å². The first-order valence-electron chi connectivity index (χ1n) is 9.45. The summed E-state index contributed by atoms with van der Waals surface area (Å²) in [6.45, 7) is 0.0348. The van der Waals surface area contributed by atoms with Crippen LogP contribution in [0.15, 0.2) is 48.5 Å². The second-order valence-electron chi connectivity index (χ2n) is 7.14. The van der Waals surface area contributed by atoms with Crippen molar-refractivity contribution in [3.05, 3.63) is 74.9 Å². The van der Waals surface area contributed by atoms with E-state index in [2.05, 4.69) is 4.98 Å². The molecule has 0 fully saturated rings. The number of aromatic hydroxyl groups is 1. The first-order valence-corrected chi connectivity index (χ1v) is 10.6. The second-order valence-corrected chi connectivity index (χ2v) is 8.42. The molecule has 0 atom stereocenters. The number of nitrogens with one attached hydrogen (secondary N) is 1. The van der Waals surface area contributed by atoms with E-state index in [1.165, 1.54) is 6.07 Å². The largest absolute Gasteiger partial charge is 0.508 e. The maximum Gasteiger partial charge on any atom is 0.355 e. The Morgan fingerprint density at radius 1 is 1.00 bits per heavy atom. The van der Waals surface area contributed by atoms with Crippen LogP contribution in [-0.4, -0.2) is 22.9 Å². The minimum atomic E-state index is -0.611. The number of carbonyl (C=O) groups is 1. The van der Waals surface area contributed by atoms with Gasteiger partial charge in [0.15, 0.2) is 11.5 Å². The predicted octanol–water partition coefficient (Wildman–Crippen LogP) is 6.59. The smallest absolute Gasteiger partial charge is 0.355 e. The third kappa shape index (κ3) is 3.81. The summed E-state index contributed by atoms with van der Waals surface area (Å²) in [6.07, 6.45) is 0. The van der Waals surface area contributed by atoms with Gasteiger partial charge in [0.2, 0.25) is 6.79 Å². The molecule has 5 rings (SSSR count). The predicted molar refractivity (Wildman–Crippen MR) is 122 cm³/mol. The SMILES string of the molecule is O=C(OCc1cc2c(cc1Cl)OCO2)c1[nH]c2ccc(O)cc2c1-c1cc(Cl)cc(Cl)c1. The van der Waals surface area contributed by atoms with E-state index in [4.69, 9.17) is 49.0 Å². The zero-order valence-corrected chi connectivity index (χ0v) is 18.5. The van der Waals surface area contributed by atoms with Crippen LogP contribution in [0.4, 0.5) is 0 Å². The number of H-pyrrole nitrogens is 1. The van der Waals surface area contributed by atoms with Gasteiger partial charge in [-0.1, -0.05) is 34.8 Å². The van der Waals surface area contributed by atoms with Crippen molar-refractivity contribution in [2.45, 2.75) is 6.61 Å². The molecule has 32 heavy (non-hydrogen) atoms. The minimum absolute atomic E-state index is 0.0536. The standard InChI is InChI=1S/C23H14Cl3NO5/c24-13-3-11(4-14(25)6-13)21-16-7-15(28)1-2-18(16)27-22(21)23(29)30-9-12-5-19-20(8-17(12)26)32-10-31-19/h1-8,27-28H,9-10H2. The van der Waals surface area contributed by atoms with Gasteiger partial charge in [-0.05, 0) is 48.0 Å². The summed E-state index contributed by atoms with van der Waals surface area (Å²) in [5, 5.41) is 11.8. The number of phenolic OH excluding ortho intramolecular Hbond substituents is 1. The maximum absolute atomic E-state index is 13.1. The van der Waals surface area contributed by atoms with E-state index < -0.39 is 5.97 Å². The van der Waals surface area contributed by atoms with Crippen LogP contribution in [0.5, 0.6) is 17.2 Å². The van der Waals surface area contributed by atoms with Gasteiger partial charge in [-0.2, -0.15) is 0 Å². The fourth-order valence-corrected chi connectivity index (χ4v) is 4.35. The summed E-state index contributed by atoms with van der Waals surface area (Å²) in [7, 11) is 0. The highest BCUT2D eigenvalue weighted by Gasteiger charge is 2.23. The Morgan fingerprint density at radius 3 is 2.47 bits per heavy atom. The van der Waals surface area contributed by atoms with E-state index in [1.807, 2.05) is 0 Å². The van der Waals surface area contributed by atoms with Gasteiger partial charge in [0.1, 0.15) is 18.1 Å². The van der Waals surface area contributed by atoms with E-state index >= 15 is 0 Å². The first kappa shape index (κ1) is 20.8. The lowest BCUT2D eigenvalue weighted by molar-refractivity contribution is 0.0467. The quantitative estimate of drug-likeness (QED) is 0.316. The number of aromatic nitrogens is 1. The van der Waals surface area contributed by atoms with Crippen LogP contribution in [-0.2, 0) is 11.3 Å². The monoisotopic (exact) mass is 489 g/mol. The van der Waals surface area contributed by atoms with Gasteiger partial charge in [0.25, 0.3) is 0 Å². The lowest BCUT2D eigenvalue weighted by atomic mass is 10.0. The zero-order valence-electron chi connectivity index (χ0n) is 16.2. The molecule has 1 aliphatic heterocycles. The molecule has 162 valence electrons. The molecule has 0 bridgehead atoms. The number of ether oxygens (including phenoxy) is 3. The van der Waals surface area contributed by atoms with Gasteiger partial charge in [0, 0.05) is 38.1 Å². The van der Waals surface area contributed by atoms with Crippen LogP contribution in [0.25, 0.3) is 22.0 Å². The van der Waals surface area contributed by atoms with Crippen molar-refractivity contribution in [2.75, 3.05) is 6.79 Å². The molecule has 0 aliphatic carbocycles. The van der Waals surface area contributed by atoms with Crippen LogP contribution >= 0.6 is 34.8 Å². The molecule has 0 spiro atoms. The Morgan fingerprint density at radius 2 is 1.72 bits per heavy atom. The number of fused-ring (bicyclic) bond motifs is 2. The van der Waals surface area contributed by atoms with Crippen molar-refractivity contribution in [1.82, 2.24) is 4.98 Å². The van der Waals surface area contributed by atoms with Crippen molar-refractivity contribution in [2.24, 2.45) is 0 Å². The number of esters is 1. The van der Waals surface area contributed by atoms with E-state index in [1.54, 1.807) is 42.5 Å². The van der Waals surface area contributed by atoms with Gasteiger partial charge >= 0.3 is 5.97 Å². The van der Waals surface area contributed by atoms with Crippen LogP contribution in [0.3, 0.4) is 0 Å². The van der Waals surface area contributed by atoms with Crippen LogP contribution in [0, 0.1) is 0 Å². The number of rotatable bonds is 4. The Balaban J connectivity index is 1.53. The highest BCUT2D eigenvalue weighted by Crippen LogP contribution is 2.39. The minimum Gasteiger partial charge on any atom is -0.508 e. The Labute approximate surface area is 197 Å². The molecular formula is C23H14Cl3NO5. The molecule has 2 heterocycles. The summed E-state index contributed by atoms with van der Waals surface area (Å²) in [5.74, 6) is 0.523. The lowest BCUT2D eigenvalue weighted by Gasteiger charge is -2.09. The van der Waals surface area contributed by atoms with Gasteiger partial charge in [0.05, 0.1) is 5.02 Å². The average molecular weight is 491 g/mol. The van der Waals surface area contributed by atoms with Crippen LogP contribution in [0.1, 0.15) is 16.1 Å². The molecule has 0 unspecified atom stereocenters. The third-order valence-electron chi connectivity index (χ3n) is 5.04. The van der Waals surface area contributed by atoms with E-state index in [0.29, 0.717) is 54.2 Å². The van der Waals surface area contributed by atoms with Crippen molar-refractivity contribution in [3.8, 4) is 28.4 Å². The zero-order chi connectivity index (χ0) is 22.4. The number of halogens is 3. The fourth-order valence-electron chi connectivity index (χ4n) is 3.62. The summed E-state index contributed by atoms with van der Waals surface area (Å²) in [5.41, 5.74) is 2.53. The topological polar surface area (TPSA) is 80.8 Å². The van der Waals surface area contributed by atoms with E-state index in [0.717, 1.165) is 0 Å².